The van der Waals surface area contributed by atoms with Gasteiger partial charge >= 0.3 is 5.69 Å². The van der Waals surface area contributed by atoms with Gasteiger partial charge < -0.3 is 15.2 Å². The van der Waals surface area contributed by atoms with Gasteiger partial charge in [-0.2, -0.15) is 0 Å². The maximum Gasteiger partial charge on any atom is 0.327 e. The van der Waals surface area contributed by atoms with Gasteiger partial charge in [0.25, 0.3) is 5.91 Å². The average molecular weight is 226 g/mol. The van der Waals surface area contributed by atoms with Crippen molar-refractivity contribution in [1.29, 1.82) is 0 Å². The molecule has 0 aliphatic carbocycles. The van der Waals surface area contributed by atoms with Crippen molar-refractivity contribution in [2.24, 2.45) is 5.73 Å². The summed E-state index contributed by atoms with van der Waals surface area (Å²) in [6.07, 6.45) is 0. The summed E-state index contributed by atoms with van der Waals surface area (Å²) < 4.78 is 9.63. The maximum atomic E-state index is 11.2. The number of ether oxygens (including phenoxy) is 2. The fourth-order valence-corrected chi connectivity index (χ4v) is 1.31. The van der Waals surface area contributed by atoms with Crippen LogP contribution in [0.25, 0.3) is 0 Å². The molecule has 0 unspecified atom stereocenters. The molecule has 1 aromatic carbocycles. The Labute approximate surface area is 90.9 Å². The van der Waals surface area contributed by atoms with E-state index >= 15 is 0 Å². The molecule has 0 saturated heterocycles. The second kappa shape index (κ2) is 4.47. The van der Waals surface area contributed by atoms with Crippen LogP contribution in [0.2, 0.25) is 0 Å². The third-order valence-corrected chi connectivity index (χ3v) is 1.97. The molecule has 7 nitrogen and oxygen atoms in total. The van der Waals surface area contributed by atoms with Crippen LogP contribution >= 0.6 is 0 Å². The molecule has 16 heavy (non-hydrogen) atoms. The minimum Gasteiger partial charge on any atom is -0.496 e. The lowest BCUT2D eigenvalue weighted by Gasteiger charge is -2.08. The van der Waals surface area contributed by atoms with Crippen LogP contribution in [-0.2, 0) is 0 Å². The fraction of sp³-hybridized carbons (Fsp3) is 0.222. The van der Waals surface area contributed by atoms with Crippen LogP contribution in [-0.4, -0.2) is 25.1 Å². The molecular formula is C9H10N2O5. The summed E-state index contributed by atoms with van der Waals surface area (Å²) in [7, 11) is 2.55. The smallest absolute Gasteiger partial charge is 0.327 e. The largest absolute Gasteiger partial charge is 0.496 e. The molecule has 0 spiro atoms. The van der Waals surface area contributed by atoms with Crippen LogP contribution in [0.4, 0.5) is 5.69 Å². The highest BCUT2D eigenvalue weighted by Gasteiger charge is 2.28. The third kappa shape index (κ3) is 1.88. The van der Waals surface area contributed by atoms with E-state index in [1.165, 1.54) is 26.4 Å². The topological polar surface area (TPSA) is 105 Å². The zero-order chi connectivity index (χ0) is 12.3. The summed E-state index contributed by atoms with van der Waals surface area (Å²) in [6.45, 7) is 0. The van der Waals surface area contributed by atoms with Crippen LogP contribution in [0.3, 0.4) is 0 Å². The molecule has 0 radical (unpaired) electrons. The normalized spacial score (nSPS) is 9.62. The molecule has 7 heteroatoms. The Morgan fingerprint density at radius 1 is 1.31 bits per heavy atom. The van der Waals surface area contributed by atoms with Crippen molar-refractivity contribution in [1.82, 2.24) is 0 Å². The fourth-order valence-electron chi connectivity index (χ4n) is 1.31. The van der Waals surface area contributed by atoms with Crippen LogP contribution in [0, 0.1) is 10.1 Å². The SMILES string of the molecule is COc1ccc(OC)c([N+](=O)[O-])c1C(N)=O. The molecule has 0 aliphatic heterocycles. The van der Waals surface area contributed by atoms with Crippen molar-refractivity contribution in [2.45, 2.75) is 0 Å². The molecule has 0 saturated carbocycles. The minimum atomic E-state index is -0.942. The Kier molecular flexibility index (Phi) is 3.29. The Morgan fingerprint density at radius 2 is 1.81 bits per heavy atom. The molecule has 0 fully saturated rings. The van der Waals surface area contributed by atoms with Crippen LogP contribution in [0.15, 0.2) is 12.1 Å². The number of rotatable bonds is 4. The lowest BCUT2D eigenvalue weighted by atomic mass is 10.1. The molecule has 0 heterocycles. The highest BCUT2D eigenvalue weighted by molar-refractivity contribution is 6.01. The third-order valence-electron chi connectivity index (χ3n) is 1.97. The van der Waals surface area contributed by atoms with E-state index in [4.69, 9.17) is 15.2 Å². The van der Waals surface area contributed by atoms with Gasteiger partial charge in [-0.1, -0.05) is 0 Å². The number of carbonyl (C=O) groups is 1. The zero-order valence-corrected chi connectivity index (χ0v) is 8.72. The van der Waals surface area contributed by atoms with Gasteiger partial charge in [-0.3, -0.25) is 14.9 Å². The molecule has 1 amide bonds. The zero-order valence-electron chi connectivity index (χ0n) is 8.72. The number of carbonyl (C=O) groups excluding carboxylic acids is 1. The van der Waals surface area contributed by atoms with Gasteiger partial charge in [0.1, 0.15) is 5.75 Å². The average Bonchev–Trinajstić information content (AvgIpc) is 2.26. The summed E-state index contributed by atoms with van der Waals surface area (Å²) in [5.74, 6) is -0.943. The van der Waals surface area contributed by atoms with E-state index in [9.17, 15) is 14.9 Å². The number of primary amides is 1. The number of nitrogens with two attached hydrogens (primary N) is 1. The van der Waals surface area contributed by atoms with Gasteiger partial charge in [0.15, 0.2) is 11.3 Å². The van der Waals surface area contributed by atoms with Crippen LogP contribution < -0.4 is 15.2 Å². The van der Waals surface area contributed by atoms with Gasteiger partial charge in [0, 0.05) is 0 Å². The van der Waals surface area contributed by atoms with Crippen LogP contribution in [0.1, 0.15) is 10.4 Å². The highest BCUT2D eigenvalue weighted by Crippen LogP contribution is 2.36. The number of amides is 1. The Balaban J connectivity index is 3.60. The molecule has 86 valence electrons. The first-order chi connectivity index (χ1) is 7.52. The number of hydrogen-bond acceptors (Lipinski definition) is 5. The predicted molar refractivity (Wildman–Crippen MR) is 54.7 cm³/mol. The number of benzene rings is 1. The van der Waals surface area contributed by atoms with Crippen molar-refractivity contribution in [3.05, 3.63) is 27.8 Å². The lowest BCUT2D eigenvalue weighted by molar-refractivity contribution is -0.386. The van der Waals surface area contributed by atoms with Gasteiger partial charge in [-0.25, -0.2) is 0 Å². The van der Waals surface area contributed by atoms with Gasteiger partial charge in [0.05, 0.1) is 19.1 Å². The van der Waals surface area contributed by atoms with E-state index in [1.54, 1.807) is 0 Å². The van der Waals surface area contributed by atoms with E-state index in [-0.39, 0.29) is 17.1 Å². The second-order valence-corrected chi connectivity index (χ2v) is 2.82. The van der Waals surface area contributed by atoms with Gasteiger partial charge in [-0.05, 0) is 12.1 Å². The maximum absolute atomic E-state index is 11.2. The Bertz CT molecular complexity index is 403. The van der Waals surface area contributed by atoms with Crippen molar-refractivity contribution < 1.29 is 19.2 Å². The summed E-state index contributed by atoms with van der Waals surface area (Å²) in [5.41, 5.74) is 4.28. The summed E-state index contributed by atoms with van der Waals surface area (Å²) >= 11 is 0. The standard InChI is InChI=1S/C9H10N2O5/c1-15-5-3-4-6(16-2)8(11(13)14)7(5)9(10)12/h3-4H,1-2H3,(H2,10,12). The molecule has 0 atom stereocenters. The molecular weight excluding hydrogens is 216 g/mol. The van der Waals surface area contributed by atoms with E-state index in [1.807, 2.05) is 0 Å². The minimum absolute atomic E-state index is 0.0417. The van der Waals surface area contributed by atoms with Crippen LogP contribution in [0.5, 0.6) is 11.5 Å². The number of nitro groups is 1. The van der Waals surface area contributed by atoms with Crippen molar-refractivity contribution in [3.63, 3.8) is 0 Å². The van der Waals surface area contributed by atoms with E-state index < -0.39 is 16.5 Å². The number of nitrogens with zero attached hydrogens (tertiary/aromatic N) is 1. The van der Waals surface area contributed by atoms with Crippen molar-refractivity contribution in [2.75, 3.05) is 14.2 Å². The quantitative estimate of drug-likeness (QED) is 0.601. The second-order valence-electron chi connectivity index (χ2n) is 2.82. The first-order valence-electron chi connectivity index (χ1n) is 4.22. The Morgan fingerprint density at radius 3 is 2.19 bits per heavy atom. The molecule has 0 aliphatic rings. The lowest BCUT2D eigenvalue weighted by Crippen LogP contribution is -2.15. The first-order valence-corrected chi connectivity index (χ1v) is 4.22. The van der Waals surface area contributed by atoms with E-state index in [2.05, 4.69) is 0 Å². The van der Waals surface area contributed by atoms with Crippen molar-refractivity contribution >= 4 is 11.6 Å². The summed E-state index contributed by atoms with van der Waals surface area (Å²) in [4.78, 5) is 21.3. The van der Waals surface area contributed by atoms with E-state index in [0.717, 1.165) is 0 Å². The number of hydrogen-bond donors (Lipinski definition) is 1. The predicted octanol–water partition coefficient (Wildman–Crippen LogP) is 0.711. The monoisotopic (exact) mass is 226 g/mol. The summed E-state index contributed by atoms with van der Waals surface area (Å²) in [6, 6.07) is 2.72. The molecule has 1 aromatic rings. The summed E-state index contributed by atoms with van der Waals surface area (Å²) in [5, 5.41) is 10.8. The van der Waals surface area contributed by atoms with Gasteiger partial charge in [-0.15, -0.1) is 0 Å². The highest BCUT2D eigenvalue weighted by atomic mass is 16.6. The van der Waals surface area contributed by atoms with Crippen molar-refractivity contribution in [3.8, 4) is 11.5 Å². The molecule has 1 rings (SSSR count). The first kappa shape index (κ1) is 11.8. The molecule has 0 aromatic heterocycles. The molecule has 0 bridgehead atoms. The Hall–Kier alpha value is -2.31. The number of nitro benzene ring substituents is 1. The van der Waals surface area contributed by atoms with E-state index in [0.29, 0.717) is 0 Å². The number of methoxy groups -OCH3 is 2. The molecule has 2 N–H and O–H groups in total. The van der Waals surface area contributed by atoms with Gasteiger partial charge in [0.2, 0.25) is 0 Å².